The van der Waals surface area contributed by atoms with Crippen molar-refractivity contribution in [3.8, 4) is 11.1 Å². The first kappa shape index (κ1) is 19.4. The number of hydrogen-bond acceptors (Lipinski definition) is 3. The molecule has 1 aromatic heterocycles. The lowest BCUT2D eigenvalue weighted by Gasteiger charge is -2.13. The third-order valence-corrected chi connectivity index (χ3v) is 4.71. The van der Waals surface area contributed by atoms with Gasteiger partial charge < -0.3 is 10.8 Å². The zero-order valence-corrected chi connectivity index (χ0v) is 16.3. The van der Waals surface area contributed by atoms with Crippen LogP contribution in [0.25, 0.3) is 11.1 Å². The van der Waals surface area contributed by atoms with Gasteiger partial charge in [-0.2, -0.15) is 4.99 Å². The van der Waals surface area contributed by atoms with Crippen LogP contribution in [0.5, 0.6) is 0 Å². The molecule has 0 saturated heterocycles. The number of hydrogen-bond donors (Lipinski definition) is 3. The zero-order valence-electron chi connectivity index (χ0n) is 16.3. The Morgan fingerprint density at radius 2 is 1.89 bits per heavy atom. The molecule has 6 heteroatoms. The van der Waals surface area contributed by atoms with E-state index in [4.69, 9.17) is 5.73 Å². The third-order valence-electron chi connectivity index (χ3n) is 4.71. The fourth-order valence-corrected chi connectivity index (χ4v) is 3.11. The molecule has 3 rings (SSSR count). The van der Waals surface area contributed by atoms with E-state index in [1.54, 1.807) is 20.0 Å². The number of aliphatic hydroxyl groups excluding tert-OH is 1. The maximum absolute atomic E-state index is 11.9. The van der Waals surface area contributed by atoms with Gasteiger partial charge in [0.15, 0.2) is 0 Å². The second kappa shape index (κ2) is 8.08. The Balaban J connectivity index is 1.78. The van der Waals surface area contributed by atoms with Gasteiger partial charge in [0.25, 0.3) is 5.56 Å². The maximum atomic E-state index is 11.9. The first-order valence-electron chi connectivity index (χ1n) is 9.16. The highest BCUT2D eigenvalue weighted by atomic mass is 16.3. The van der Waals surface area contributed by atoms with E-state index >= 15 is 0 Å². The summed E-state index contributed by atoms with van der Waals surface area (Å²) in [4.78, 5) is 19.2. The van der Waals surface area contributed by atoms with E-state index in [1.807, 2.05) is 31.2 Å². The lowest BCUT2D eigenvalue weighted by molar-refractivity contribution is -0.366. The molecule has 0 radical (unpaired) electrons. The number of nitrogen functional groups attached to an aromatic ring is 1. The van der Waals surface area contributed by atoms with Crippen molar-refractivity contribution in [2.24, 2.45) is 7.05 Å². The number of benzene rings is 2. The summed E-state index contributed by atoms with van der Waals surface area (Å²) in [6.07, 6.45) is 0.764. The summed E-state index contributed by atoms with van der Waals surface area (Å²) < 4.78 is 1.34. The van der Waals surface area contributed by atoms with Crippen LogP contribution in [0.15, 0.2) is 59.4 Å². The molecule has 2 aromatic carbocycles. The van der Waals surface area contributed by atoms with Gasteiger partial charge in [-0.05, 0) is 23.1 Å². The summed E-state index contributed by atoms with van der Waals surface area (Å²) in [6, 6.07) is 17.7. The largest absolute Gasteiger partial charge is 0.463 e. The van der Waals surface area contributed by atoms with E-state index in [-0.39, 0.29) is 23.3 Å². The molecule has 28 heavy (non-hydrogen) atoms. The SMILES string of the molecule is CC(O)=[NH+]c1cccc(-c2ccc(C[C@H](C)c3cc(=O)n(C)c(N)n3)cc2)c1. The lowest BCUT2D eigenvalue weighted by atomic mass is 9.96. The molecule has 0 spiro atoms. The van der Waals surface area contributed by atoms with Crippen molar-refractivity contribution in [3.05, 3.63) is 76.2 Å². The van der Waals surface area contributed by atoms with Gasteiger partial charge in [0.2, 0.25) is 11.6 Å². The smallest absolute Gasteiger partial charge is 0.334 e. The summed E-state index contributed by atoms with van der Waals surface area (Å²) in [5, 5.41) is 9.40. The minimum atomic E-state index is -0.145. The third kappa shape index (κ3) is 4.46. The van der Waals surface area contributed by atoms with Crippen LogP contribution in [0.2, 0.25) is 0 Å². The summed E-state index contributed by atoms with van der Waals surface area (Å²) >= 11 is 0. The van der Waals surface area contributed by atoms with E-state index in [9.17, 15) is 9.90 Å². The van der Waals surface area contributed by atoms with Gasteiger partial charge in [0, 0.05) is 31.2 Å². The number of nitrogens with two attached hydrogens (primary N) is 1. The van der Waals surface area contributed by atoms with Gasteiger partial charge in [-0.1, -0.05) is 43.3 Å². The monoisotopic (exact) mass is 377 g/mol. The summed E-state index contributed by atoms with van der Waals surface area (Å²) in [5.74, 6) is 0.470. The second-order valence-electron chi connectivity index (χ2n) is 7.03. The Bertz CT molecular complexity index is 1060. The number of nitrogens with one attached hydrogen (secondary N) is 1. The van der Waals surface area contributed by atoms with Crippen molar-refractivity contribution >= 4 is 17.5 Å². The van der Waals surface area contributed by atoms with Crippen LogP contribution in [-0.2, 0) is 13.5 Å². The van der Waals surface area contributed by atoms with Crippen LogP contribution in [0.4, 0.5) is 11.6 Å². The molecule has 0 aliphatic carbocycles. The molecule has 144 valence electrons. The van der Waals surface area contributed by atoms with Crippen LogP contribution in [0.3, 0.4) is 0 Å². The van der Waals surface area contributed by atoms with E-state index in [0.29, 0.717) is 5.69 Å². The Morgan fingerprint density at radius 1 is 1.18 bits per heavy atom. The molecule has 0 aliphatic rings. The molecule has 4 N–H and O–H groups in total. The van der Waals surface area contributed by atoms with Crippen molar-refractivity contribution in [2.75, 3.05) is 5.73 Å². The van der Waals surface area contributed by atoms with Crippen LogP contribution >= 0.6 is 0 Å². The van der Waals surface area contributed by atoms with Crippen LogP contribution in [-0.4, -0.2) is 20.6 Å². The zero-order chi connectivity index (χ0) is 20.3. The highest BCUT2D eigenvalue weighted by Crippen LogP contribution is 2.24. The quantitative estimate of drug-likeness (QED) is 0.469. The molecule has 0 fully saturated rings. The standard InChI is InChI=1S/C22H24N4O2/c1-14(20-13-21(28)26(3)22(23)25-20)11-16-7-9-17(10-8-16)18-5-4-6-19(12-18)24-15(2)27/h4-10,12-14H,11H2,1-3H3,(H2,23,25)(H,24,27)/p+1/t14-/m0/s1. The number of aromatic nitrogens is 2. The van der Waals surface area contributed by atoms with E-state index in [2.05, 4.69) is 34.2 Å². The van der Waals surface area contributed by atoms with Crippen molar-refractivity contribution in [1.82, 2.24) is 9.55 Å². The Hall–Kier alpha value is -3.41. The average Bonchev–Trinajstić information content (AvgIpc) is 2.66. The second-order valence-corrected chi connectivity index (χ2v) is 7.03. The number of aliphatic hydroxyl groups is 1. The fraction of sp³-hybridized carbons (Fsp3) is 0.227. The average molecular weight is 377 g/mol. The number of anilines is 1. The molecular weight excluding hydrogens is 352 g/mol. The minimum absolute atomic E-state index is 0.0812. The van der Waals surface area contributed by atoms with E-state index < -0.39 is 0 Å². The van der Waals surface area contributed by atoms with Crippen LogP contribution in [0, 0.1) is 0 Å². The van der Waals surface area contributed by atoms with Crippen molar-refractivity contribution in [3.63, 3.8) is 0 Å². The lowest BCUT2D eigenvalue weighted by Crippen LogP contribution is -2.65. The fourth-order valence-electron chi connectivity index (χ4n) is 3.11. The van der Waals surface area contributed by atoms with E-state index in [0.717, 1.165) is 28.8 Å². The number of nitrogens with zero attached hydrogens (tertiary/aromatic N) is 2. The molecule has 0 aliphatic heterocycles. The molecule has 3 aromatic rings. The normalized spacial score (nSPS) is 12.8. The van der Waals surface area contributed by atoms with Gasteiger partial charge in [0.05, 0.1) is 12.6 Å². The molecule has 0 amide bonds. The molecule has 1 atom stereocenters. The van der Waals surface area contributed by atoms with Crippen LogP contribution < -0.4 is 16.3 Å². The highest BCUT2D eigenvalue weighted by molar-refractivity contribution is 5.68. The molecule has 0 saturated carbocycles. The minimum Gasteiger partial charge on any atom is -0.463 e. The summed E-state index contributed by atoms with van der Waals surface area (Å²) in [6.45, 7) is 3.64. The highest BCUT2D eigenvalue weighted by Gasteiger charge is 2.12. The van der Waals surface area contributed by atoms with Gasteiger partial charge in [-0.15, -0.1) is 0 Å². The summed E-state index contributed by atoms with van der Waals surface area (Å²) in [7, 11) is 1.61. The maximum Gasteiger partial charge on any atom is 0.334 e. The molecule has 0 unspecified atom stereocenters. The predicted octanol–water partition coefficient (Wildman–Crippen LogP) is 2.06. The Morgan fingerprint density at radius 3 is 2.54 bits per heavy atom. The van der Waals surface area contributed by atoms with Gasteiger partial charge in [-0.3, -0.25) is 9.36 Å². The molecular formula is C22H25N4O2+. The van der Waals surface area contributed by atoms with Crippen molar-refractivity contribution in [2.45, 2.75) is 26.2 Å². The number of rotatable bonds is 5. The molecule has 1 heterocycles. The van der Waals surface area contributed by atoms with E-state index in [1.165, 1.54) is 4.57 Å². The van der Waals surface area contributed by atoms with Crippen molar-refractivity contribution in [1.29, 1.82) is 0 Å². The van der Waals surface area contributed by atoms with Crippen LogP contribution in [0.1, 0.15) is 31.0 Å². The Kier molecular flexibility index (Phi) is 5.59. The van der Waals surface area contributed by atoms with Gasteiger partial charge >= 0.3 is 5.90 Å². The van der Waals surface area contributed by atoms with Gasteiger partial charge in [-0.25, -0.2) is 4.98 Å². The predicted molar refractivity (Wildman–Crippen MR) is 112 cm³/mol. The first-order valence-corrected chi connectivity index (χ1v) is 9.16. The molecule has 6 nitrogen and oxygen atoms in total. The van der Waals surface area contributed by atoms with Crippen molar-refractivity contribution < 1.29 is 10.1 Å². The van der Waals surface area contributed by atoms with Gasteiger partial charge in [0.1, 0.15) is 0 Å². The topological polar surface area (TPSA) is 95.1 Å². The molecule has 0 bridgehead atoms. The summed E-state index contributed by atoms with van der Waals surface area (Å²) in [5.41, 5.74) is 10.5. The Labute approximate surface area is 164 Å². The first-order chi connectivity index (χ1) is 13.3.